The van der Waals surface area contributed by atoms with Crippen LogP contribution in [0.25, 0.3) is 0 Å². The molecule has 1 aliphatic carbocycles. The molecular weight excluding hydrogens is 234 g/mol. The molecule has 0 saturated heterocycles. The van der Waals surface area contributed by atoms with Gasteiger partial charge in [0.25, 0.3) is 0 Å². The zero-order chi connectivity index (χ0) is 13.2. The number of rotatable bonds is 1. The summed E-state index contributed by atoms with van der Waals surface area (Å²) in [5.41, 5.74) is 4.62. The first-order valence-corrected chi connectivity index (χ1v) is 7.11. The van der Waals surface area contributed by atoms with Crippen molar-refractivity contribution in [3.05, 3.63) is 34.5 Å². The van der Waals surface area contributed by atoms with E-state index in [0.29, 0.717) is 0 Å². The summed E-state index contributed by atoms with van der Waals surface area (Å²) in [7, 11) is 0. The number of hydrogen-bond acceptors (Lipinski definition) is 3. The van der Waals surface area contributed by atoms with Crippen LogP contribution in [0.15, 0.2) is 17.7 Å². The third-order valence-corrected chi connectivity index (χ3v) is 4.03. The molecular formula is C16H19N3. The van der Waals surface area contributed by atoms with Crippen LogP contribution in [0.2, 0.25) is 0 Å². The second kappa shape index (κ2) is 5.05. The van der Waals surface area contributed by atoms with E-state index in [-0.39, 0.29) is 0 Å². The Bertz CT molecular complexity index is 566. The minimum atomic E-state index is 0.746. The van der Waals surface area contributed by atoms with Crippen molar-refractivity contribution in [1.29, 1.82) is 5.26 Å². The molecule has 98 valence electrons. The Morgan fingerprint density at radius 2 is 2.16 bits per heavy atom. The van der Waals surface area contributed by atoms with Crippen LogP contribution in [0.3, 0.4) is 0 Å². The van der Waals surface area contributed by atoms with Gasteiger partial charge in [0.15, 0.2) is 0 Å². The predicted octanol–water partition coefficient (Wildman–Crippen LogP) is 2.99. The van der Waals surface area contributed by atoms with Crippen LogP contribution in [0, 0.1) is 11.3 Å². The lowest BCUT2D eigenvalue weighted by Gasteiger charge is -2.29. The smallest absolute Gasteiger partial charge is 0.147 e. The fraction of sp³-hybridized carbons (Fsp3) is 0.500. The number of nitriles is 1. The van der Waals surface area contributed by atoms with E-state index in [4.69, 9.17) is 4.98 Å². The zero-order valence-corrected chi connectivity index (χ0v) is 11.4. The van der Waals surface area contributed by atoms with Gasteiger partial charge in [-0.2, -0.15) is 5.26 Å². The van der Waals surface area contributed by atoms with E-state index in [1.54, 1.807) is 0 Å². The molecule has 0 atom stereocenters. The minimum absolute atomic E-state index is 0.746. The number of aryl methyl sites for hydroxylation is 2. The van der Waals surface area contributed by atoms with Gasteiger partial charge in [-0.05, 0) is 50.7 Å². The molecule has 0 saturated carbocycles. The van der Waals surface area contributed by atoms with Crippen molar-refractivity contribution >= 4 is 5.82 Å². The molecule has 0 unspecified atom stereocenters. The average molecular weight is 253 g/mol. The molecule has 3 heteroatoms. The molecule has 0 aromatic carbocycles. The number of hydrogen-bond donors (Lipinski definition) is 0. The van der Waals surface area contributed by atoms with E-state index in [2.05, 4.69) is 30.0 Å². The molecule has 0 amide bonds. The van der Waals surface area contributed by atoms with Crippen LogP contribution in [0.5, 0.6) is 0 Å². The molecule has 0 spiro atoms. The quantitative estimate of drug-likeness (QED) is 0.722. The van der Waals surface area contributed by atoms with Crippen LogP contribution in [-0.2, 0) is 12.8 Å². The summed E-state index contributed by atoms with van der Waals surface area (Å²) in [5.74, 6) is 0.899. The van der Waals surface area contributed by atoms with Crippen molar-refractivity contribution in [3.8, 4) is 6.07 Å². The van der Waals surface area contributed by atoms with Crippen molar-refractivity contribution in [2.24, 2.45) is 0 Å². The lowest BCUT2D eigenvalue weighted by atomic mass is 9.94. The Hall–Kier alpha value is -1.82. The molecule has 2 aliphatic rings. The van der Waals surface area contributed by atoms with Gasteiger partial charge in [-0.1, -0.05) is 11.6 Å². The molecule has 1 aromatic heterocycles. The number of nitrogens with zero attached hydrogens (tertiary/aromatic N) is 3. The zero-order valence-electron chi connectivity index (χ0n) is 11.4. The SMILES string of the molecule is CC1=CCCN(c2nc3c(cc2C#N)CCCC3)C1. The first kappa shape index (κ1) is 12.2. The van der Waals surface area contributed by atoms with Gasteiger partial charge in [0.05, 0.1) is 5.56 Å². The number of fused-ring (bicyclic) bond motifs is 1. The lowest BCUT2D eigenvalue weighted by Crippen LogP contribution is -2.31. The molecule has 0 radical (unpaired) electrons. The molecule has 0 fully saturated rings. The maximum Gasteiger partial charge on any atom is 0.147 e. The normalized spacial score (nSPS) is 18.5. The van der Waals surface area contributed by atoms with Crippen molar-refractivity contribution in [1.82, 2.24) is 4.98 Å². The Morgan fingerprint density at radius 3 is 2.95 bits per heavy atom. The van der Waals surface area contributed by atoms with Gasteiger partial charge in [-0.15, -0.1) is 0 Å². The topological polar surface area (TPSA) is 39.9 Å². The molecule has 3 nitrogen and oxygen atoms in total. The van der Waals surface area contributed by atoms with Crippen molar-refractivity contribution in [2.45, 2.75) is 39.0 Å². The summed E-state index contributed by atoms with van der Waals surface area (Å²) in [6.07, 6.45) is 7.93. The van der Waals surface area contributed by atoms with Crippen LogP contribution in [-0.4, -0.2) is 18.1 Å². The highest BCUT2D eigenvalue weighted by atomic mass is 15.2. The summed E-state index contributed by atoms with van der Waals surface area (Å²) in [6, 6.07) is 4.41. The average Bonchev–Trinajstić information content (AvgIpc) is 2.46. The van der Waals surface area contributed by atoms with E-state index >= 15 is 0 Å². The Kier molecular flexibility index (Phi) is 3.25. The lowest BCUT2D eigenvalue weighted by molar-refractivity contribution is 0.663. The fourth-order valence-corrected chi connectivity index (χ4v) is 3.04. The van der Waals surface area contributed by atoms with Crippen LogP contribution >= 0.6 is 0 Å². The monoisotopic (exact) mass is 253 g/mol. The third-order valence-electron chi connectivity index (χ3n) is 4.03. The maximum atomic E-state index is 9.39. The van der Waals surface area contributed by atoms with Crippen molar-refractivity contribution < 1.29 is 0 Å². The highest BCUT2D eigenvalue weighted by Gasteiger charge is 2.20. The minimum Gasteiger partial charge on any atom is -0.351 e. The van der Waals surface area contributed by atoms with Gasteiger partial charge in [-0.3, -0.25) is 0 Å². The fourth-order valence-electron chi connectivity index (χ4n) is 3.04. The predicted molar refractivity (Wildman–Crippen MR) is 76.2 cm³/mol. The van der Waals surface area contributed by atoms with Crippen molar-refractivity contribution in [3.63, 3.8) is 0 Å². The Morgan fingerprint density at radius 1 is 1.32 bits per heavy atom. The van der Waals surface area contributed by atoms with Gasteiger partial charge in [-0.25, -0.2) is 4.98 Å². The number of anilines is 1. The summed E-state index contributed by atoms with van der Waals surface area (Å²) in [4.78, 5) is 7.07. The molecule has 1 aromatic rings. The number of pyridine rings is 1. The van der Waals surface area contributed by atoms with Crippen molar-refractivity contribution in [2.75, 3.05) is 18.0 Å². The number of aromatic nitrogens is 1. The Labute approximate surface area is 114 Å². The van der Waals surface area contributed by atoms with Gasteiger partial charge < -0.3 is 4.90 Å². The van der Waals surface area contributed by atoms with E-state index in [0.717, 1.165) is 43.7 Å². The van der Waals surface area contributed by atoms with E-state index in [1.165, 1.54) is 29.7 Å². The van der Waals surface area contributed by atoms with Gasteiger partial charge in [0, 0.05) is 18.8 Å². The summed E-state index contributed by atoms with van der Waals surface area (Å²) >= 11 is 0. The van der Waals surface area contributed by atoms with E-state index in [1.807, 2.05) is 0 Å². The standard InChI is InChI=1S/C16H19N3/c1-12-5-4-8-19(11-12)16-14(10-17)9-13-6-2-3-7-15(13)18-16/h5,9H,2-4,6-8,11H2,1H3. The van der Waals surface area contributed by atoms with Gasteiger partial charge in [0.2, 0.25) is 0 Å². The summed E-state index contributed by atoms with van der Waals surface area (Å²) in [5, 5.41) is 9.39. The van der Waals surface area contributed by atoms with Crippen LogP contribution < -0.4 is 4.90 Å². The molecule has 2 heterocycles. The molecule has 0 bridgehead atoms. The highest BCUT2D eigenvalue weighted by Crippen LogP contribution is 2.28. The first-order chi connectivity index (χ1) is 9.28. The molecule has 1 aliphatic heterocycles. The molecule has 0 N–H and O–H groups in total. The van der Waals surface area contributed by atoms with Gasteiger partial charge in [0.1, 0.15) is 11.9 Å². The molecule has 19 heavy (non-hydrogen) atoms. The molecule has 3 rings (SSSR count). The highest BCUT2D eigenvalue weighted by molar-refractivity contribution is 5.57. The second-order valence-electron chi connectivity index (χ2n) is 5.54. The summed E-state index contributed by atoms with van der Waals surface area (Å²) in [6.45, 7) is 4.02. The van der Waals surface area contributed by atoms with Crippen LogP contribution in [0.4, 0.5) is 5.82 Å². The van der Waals surface area contributed by atoms with E-state index in [9.17, 15) is 5.26 Å². The van der Waals surface area contributed by atoms with E-state index < -0.39 is 0 Å². The van der Waals surface area contributed by atoms with Crippen LogP contribution in [0.1, 0.15) is 43.0 Å². The Balaban J connectivity index is 2.00. The second-order valence-corrected chi connectivity index (χ2v) is 5.54. The van der Waals surface area contributed by atoms with Gasteiger partial charge >= 0.3 is 0 Å². The summed E-state index contributed by atoms with van der Waals surface area (Å²) < 4.78 is 0. The first-order valence-electron chi connectivity index (χ1n) is 7.11. The third kappa shape index (κ3) is 2.35. The maximum absolute atomic E-state index is 9.39. The largest absolute Gasteiger partial charge is 0.351 e.